The maximum Gasteiger partial charge on any atom is 0.159 e. The molecule has 0 aromatic heterocycles. The topological polar surface area (TPSA) is 17.1 Å². The van der Waals surface area contributed by atoms with E-state index in [4.69, 9.17) is 0 Å². The Morgan fingerprint density at radius 1 is 1.24 bits per heavy atom. The molecule has 1 saturated carbocycles. The Kier molecular flexibility index (Phi) is 3.27. The number of carbonyl (C=O) groups excluding carboxylic acids is 1. The van der Waals surface area contributed by atoms with Crippen molar-refractivity contribution in [3.8, 4) is 0 Å². The van der Waals surface area contributed by atoms with Crippen LogP contribution in [-0.2, 0) is 11.2 Å². The minimum absolute atomic E-state index is 0.140. The lowest BCUT2D eigenvalue weighted by atomic mass is 9.81. The Morgan fingerprint density at radius 3 is 2.47 bits per heavy atom. The predicted molar refractivity (Wildman–Crippen MR) is 61.6 cm³/mol. The van der Waals surface area contributed by atoms with Gasteiger partial charge in [-0.3, -0.25) is 4.79 Å². The molecule has 0 radical (unpaired) electrons. The standard InChI is InChI=1S/C14H16F2O/c1-14(6-2-3-7-14)13(17)9-10-4-5-11(15)12(16)8-10/h4-5,8H,2-3,6-7,9H2,1H3. The molecule has 0 saturated heterocycles. The van der Waals surface area contributed by atoms with Crippen molar-refractivity contribution < 1.29 is 13.6 Å². The van der Waals surface area contributed by atoms with Crippen molar-refractivity contribution in [1.29, 1.82) is 0 Å². The second-order valence-corrected chi connectivity index (χ2v) is 5.12. The number of carbonyl (C=O) groups is 1. The van der Waals surface area contributed by atoms with Crippen molar-refractivity contribution in [3.63, 3.8) is 0 Å². The van der Waals surface area contributed by atoms with Crippen LogP contribution < -0.4 is 0 Å². The van der Waals surface area contributed by atoms with Crippen molar-refractivity contribution in [2.75, 3.05) is 0 Å². The van der Waals surface area contributed by atoms with Crippen LogP contribution in [0.4, 0.5) is 8.78 Å². The van der Waals surface area contributed by atoms with Gasteiger partial charge in [-0.2, -0.15) is 0 Å². The van der Waals surface area contributed by atoms with Gasteiger partial charge in [0, 0.05) is 11.8 Å². The predicted octanol–water partition coefficient (Wildman–Crippen LogP) is 3.66. The Hall–Kier alpha value is -1.25. The van der Waals surface area contributed by atoms with E-state index in [1.165, 1.54) is 6.07 Å². The van der Waals surface area contributed by atoms with Crippen LogP contribution in [0.25, 0.3) is 0 Å². The quantitative estimate of drug-likeness (QED) is 0.785. The van der Waals surface area contributed by atoms with Crippen molar-refractivity contribution in [2.24, 2.45) is 5.41 Å². The first-order chi connectivity index (χ1) is 8.01. The maximum atomic E-state index is 13.0. The number of halogens is 2. The molecule has 3 heteroatoms. The highest BCUT2D eigenvalue weighted by Crippen LogP contribution is 2.39. The summed E-state index contributed by atoms with van der Waals surface area (Å²) >= 11 is 0. The fourth-order valence-electron chi connectivity index (χ4n) is 2.48. The summed E-state index contributed by atoms with van der Waals surface area (Å²) in [6, 6.07) is 3.68. The summed E-state index contributed by atoms with van der Waals surface area (Å²) in [5, 5.41) is 0. The zero-order chi connectivity index (χ0) is 12.5. The van der Waals surface area contributed by atoms with Gasteiger partial charge in [0.15, 0.2) is 11.6 Å². The zero-order valence-corrected chi connectivity index (χ0v) is 9.93. The minimum atomic E-state index is -0.883. The van der Waals surface area contributed by atoms with E-state index in [-0.39, 0.29) is 17.6 Å². The van der Waals surface area contributed by atoms with Crippen LogP contribution in [0.3, 0.4) is 0 Å². The molecule has 1 aromatic carbocycles. The monoisotopic (exact) mass is 238 g/mol. The molecule has 1 aromatic rings. The van der Waals surface area contributed by atoms with Crippen LogP contribution in [0.1, 0.15) is 38.2 Å². The summed E-state index contributed by atoms with van der Waals surface area (Å²) in [4.78, 5) is 12.1. The first kappa shape index (κ1) is 12.2. The molecule has 1 aliphatic carbocycles. The second kappa shape index (κ2) is 4.55. The van der Waals surface area contributed by atoms with Crippen molar-refractivity contribution >= 4 is 5.78 Å². The van der Waals surface area contributed by atoms with E-state index in [1.807, 2.05) is 6.92 Å². The van der Waals surface area contributed by atoms with E-state index in [2.05, 4.69) is 0 Å². The van der Waals surface area contributed by atoms with Crippen molar-refractivity contribution in [2.45, 2.75) is 39.0 Å². The molecule has 1 fully saturated rings. The molecule has 0 N–H and O–H groups in total. The normalized spacial score (nSPS) is 18.3. The smallest absolute Gasteiger partial charge is 0.159 e. The van der Waals surface area contributed by atoms with Gasteiger partial charge in [-0.05, 0) is 30.5 Å². The molecule has 2 rings (SSSR count). The fraction of sp³-hybridized carbons (Fsp3) is 0.500. The average molecular weight is 238 g/mol. The second-order valence-electron chi connectivity index (χ2n) is 5.12. The molecule has 0 heterocycles. The highest BCUT2D eigenvalue weighted by Gasteiger charge is 2.35. The summed E-state index contributed by atoms with van der Waals surface area (Å²) in [7, 11) is 0. The van der Waals surface area contributed by atoms with E-state index < -0.39 is 11.6 Å². The summed E-state index contributed by atoms with van der Waals surface area (Å²) in [5.74, 6) is -1.61. The summed E-state index contributed by atoms with van der Waals surface area (Å²) in [5.41, 5.74) is 0.298. The fourth-order valence-corrected chi connectivity index (χ4v) is 2.48. The highest BCUT2D eigenvalue weighted by atomic mass is 19.2. The molecule has 0 unspecified atom stereocenters. The van der Waals surface area contributed by atoms with Crippen LogP contribution >= 0.6 is 0 Å². The van der Waals surface area contributed by atoms with E-state index in [0.717, 1.165) is 37.8 Å². The van der Waals surface area contributed by atoms with Gasteiger partial charge in [-0.15, -0.1) is 0 Å². The lowest BCUT2D eigenvalue weighted by molar-refractivity contribution is -0.126. The number of hydrogen-bond acceptors (Lipinski definition) is 1. The first-order valence-electron chi connectivity index (χ1n) is 5.98. The van der Waals surface area contributed by atoms with Crippen LogP contribution in [0.15, 0.2) is 18.2 Å². The average Bonchev–Trinajstić information content (AvgIpc) is 2.72. The Labute approximate surface area is 99.8 Å². The van der Waals surface area contributed by atoms with Gasteiger partial charge in [0.05, 0.1) is 0 Å². The van der Waals surface area contributed by atoms with Gasteiger partial charge >= 0.3 is 0 Å². The number of benzene rings is 1. The van der Waals surface area contributed by atoms with E-state index in [0.29, 0.717) is 5.56 Å². The summed E-state index contributed by atoms with van der Waals surface area (Å²) in [6.45, 7) is 1.97. The molecule has 0 atom stereocenters. The first-order valence-corrected chi connectivity index (χ1v) is 5.98. The van der Waals surface area contributed by atoms with Gasteiger partial charge in [0.25, 0.3) is 0 Å². The van der Waals surface area contributed by atoms with E-state index in [9.17, 15) is 13.6 Å². The van der Waals surface area contributed by atoms with Gasteiger partial charge in [-0.25, -0.2) is 8.78 Å². The molecule has 17 heavy (non-hydrogen) atoms. The third-order valence-corrected chi connectivity index (χ3v) is 3.73. The van der Waals surface area contributed by atoms with Crippen molar-refractivity contribution in [3.05, 3.63) is 35.4 Å². The van der Waals surface area contributed by atoms with E-state index in [1.54, 1.807) is 0 Å². The molecule has 1 aliphatic rings. The lowest BCUT2D eigenvalue weighted by Gasteiger charge is -2.21. The third-order valence-electron chi connectivity index (χ3n) is 3.73. The van der Waals surface area contributed by atoms with E-state index >= 15 is 0 Å². The molecular formula is C14H16F2O. The SMILES string of the molecule is CC1(C(=O)Cc2ccc(F)c(F)c2)CCCC1. The Bertz CT molecular complexity index is 434. The van der Waals surface area contributed by atoms with Crippen LogP contribution in [-0.4, -0.2) is 5.78 Å². The third kappa shape index (κ3) is 2.54. The van der Waals surface area contributed by atoms with Gasteiger partial charge in [0.1, 0.15) is 5.78 Å². The Balaban J connectivity index is 2.10. The highest BCUT2D eigenvalue weighted by molar-refractivity contribution is 5.86. The van der Waals surface area contributed by atoms with Crippen molar-refractivity contribution in [1.82, 2.24) is 0 Å². The number of rotatable bonds is 3. The molecular weight excluding hydrogens is 222 g/mol. The zero-order valence-electron chi connectivity index (χ0n) is 9.93. The molecule has 0 bridgehead atoms. The molecule has 1 nitrogen and oxygen atoms in total. The van der Waals surface area contributed by atoms with Gasteiger partial charge < -0.3 is 0 Å². The molecule has 0 aliphatic heterocycles. The van der Waals surface area contributed by atoms with Gasteiger partial charge in [-0.1, -0.05) is 25.8 Å². The number of ketones is 1. The summed E-state index contributed by atoms with van der Waals surface area (Å²) < 4.78 is 25.8. The largest absolute Gasteiger partial charge is 0.299 e. The van der Waals surface area contributed by atoms with Crippen LogP contribution in [0, 0.1) is 17.0 Å². The summed E-state index contributed by atoms with van der Waals surface area (Å²) in [6.07, 6.45) is 4.19. The molecule has 92 valence electrons. The Morgan fingerprint density at radius 2 is 1.88 bits per heavy atom. The molecule has 0 amide bonds. The molecule has 0 spiro atoms. The minimum Gasteiger partial charge on any atom is -0.299 e. The van der Waals surface area contributed by atoms with Gasteiger partial charge in [0.2, 0.25) is 0 Å². The lowest BCUT2D eigenvalue weighted by Crippen LogP contribution is -2.26. The van der Waals surface area contributed by atoms with Crippen LogP contribution in [0.5, 0.6) is 0 Å². The van der Waals surface area contributed by atoms with Crippen LogP contribution in [0.2, 0.25) is 0 Å². The maximum absolute atomic E-state index is 13.0. The number of Topliss-reactive ketones (excluding diaryl/α,β-unsaturated/α-hetero) is 1. The number of hydrogen-bond donors (Lipinski definition) is 0.